The number of benzene rings is 1. The van der Waals surface area contributed by atoms with Crippen molar-refractivity contribution in [2.45, 2.75) is 56.6 Å². The highest BCUT2D eigenvalue weighted by Gasteiger charge is 2.64. The number of ketones is 2. The topological polar surface area (TPSA) is 178 Å². The quantitative estimate of drug-likeness (QED) is 0.308. The lowest BCUT2D eigenvalue weighted by Crippen LogP contribution is -2.65. The van der Waals surface area contributed by atoms with Gasteiger partial charge in [-0.25, -0.2) is 0 Å². The van der Waals surface area contributed by atoms with Gasteiger partial charge >= 0.3 is 0 Å². The summed E-state index contributed by atoms with van der Waals surface area (Å²) in [6.07, 6.45) is 5.78. The lowest BCUT2D eigenvalue weighted by molar-refractivity contribution is -0.153. The van der Waals surface area contributed by atoms with Crippen molar-refractivity contribution in [1.29, 1.82) is 0 Å². The average molecular weight is 606 g/mol. The molecular weight excluding hydrogens is 566 g/mol. The van der Waals surface area contributed by atoms with Crippen LogP contribution in [0.15, 0.2) is 39.5 Å². The third-order valence-electron chi connectivity index (χ3n) is 10.1. The number of hydrogen-bond acceptors (Lipinski definition) is 10. The number of carbonyl (C=O) groups is 3. The van der Waals surface area contributed by atoms with Crippen LogP contribution >= 0.6 is 0 Å². The number of likely N-dealkylation sites (N-methyl/N-ethyl adjacent to an activating group) is 1. The lowest BCUT2D eigenvalue weighted by atomic mass is 9.57. The molecule has 2 saturated carbocycles. The van der Waals surface area contributed by atoms with Gasteiger partial charge < -0.3 is 35.5 Å². The summed E-state index contributed by atoms with van der Waals surface area (Å²) >= 11 is 0. The molecule has 2 aromatic rings. The van der Waals surface area contributed by atoms with Crippen molar-refractivity contribution < 1.29 is 39.2 Å². The van der Waals surface area contributed by atoms with Crippen LogP contribution in [0, 0.1) is 17.8 Å². The third kappa shape index (κ3) is 4.28. The highest BCUT2D eigenvalue weighted by Crippen LogP contribution is 2.55. The number of amides is 1. The second-order valence-corrected chi connectivity index (χ2v) is 13.1. The maximum absolute atomic E-state index is 14.2. The van der Waals surface area contributed by atoms with Gasteiger partial charge in [0.1, 0.15) is 34.4 Å². The van der Waals surface area contributed by atoms with E-state index in [1.807, 2.05) is 25.1 Å². The lowest BCUT2D eigenvalue weighted by Gasteiger charge is -2.50. The number of anilines is 1. The van der Waals surface area contributed by atoms with E-state index < -0.39 is 58.0 Å². The molecule has 4 aliphatic carbocycles. The Balaban J connectivity index is 1.50. The zero-order valence-electron chi connectivity index (χ0n) is 25.4. The molecule has 0 spiro atoms. The summed E-state index contributed by atoms with van der Waals surface area (Å²) in [4.78, 5) is 43.1. The number of hydrogen-bond donors (Lipinski definition) is 5. The molecule has 1 amide bonds. The Morgan fingerprint density at radius 1 is 1.09 bits per heavy atom. The molecule has 44 heavy (non-hydrogen) atoms. The number of aliphatic hydroxyl groups is 3. The van der Waals surface area contributed by atoms with Gasteiger partial charge in [0, 0.05) is 37.7 Å². The Bertz CT molecular complexity index is 1640. The number of fused-ring (bicyclic) bond motifs is 3. The second kappa shape index (κ2) is 10.5. The highest BCUT2D eigenvalue weighted by molar-refractivity contribution is 6.24. The smallest absolute Gasteiger partial charge is 0.255 e. The van der Waals surface area contributed by atoms with E-state index in [1.54, 1.807) is 26.2 Å². The number of aromatic hydroxyl groups is 1. The Morgan fingerprint density at radius 2 is 1.77 bits per heavy atom. The number of primary amides is 1. The van der Waals surface area contributed by atoms with Gasteiger partial charge in [0.25, 0.3) is 5.91 Å². The molecule has 4 aliphatic rings. The minimum atomic E-state index is -2.68. The van der Waals surface area contributed by atoms with E-state index in [1.165, 1.54) is 17.7 Å². The van der Waals surface area contributed by atoms with Crippen LogP contribution in [0.2, 0.25) is 0 Å². The van der Waals surface area contributed by atoms with Crippen molar-refractivity contribution in [1.82, 2.24) is 4.90 Å². The van der Waals surface area contributed by atoms with E-state index in [0.717, 1.165) is 25.0 Å². The van der Waals surface area contributed by atoms with Gasteiger partial charge in [-0.3, -0.25) is 19.3 Å². The Hall–Kier alpha value is -4.09. The van der Waals surface area contributed by atoms with Gasteiger partial charge in [-0.1, -0.05) is 25.7 Å². The summed E-state index contributed by atoms with van der Waals surface area (Å²) in [5.41, 5.74) is 3.38. The standard InChI is InChI=1S/C33H39N3O8/c1-35(2)21-14-19(22-10-9-17(44-22)11-15-7-5-6-8-15)27(37)24-18(21)12-16-13-20-26(36(3)4)29(39)25(32(34)42)31(41)33(20,43)30(40)23(16)28(24)38/h9-10,14-16,20,26,37-38,41,43H,5-8,11-13H2,1-4H3,(H2,34,42)/t16-,20-,26-,33-/m1/s1. The first kappa shape index (κ1) is 30.0. The molecule has 1 aromatic heterocycles. The molecule has 6 rings (SSSR count). The van der Waals surface area contributed by atoms with Crippen molar-refractivity contribution in [3.05, 3.63) is 52.0 Å². The molecule has 0 radical (unpaired) electrons. The minimum absolute atomic E-state index is 0.0316. The van der Waals surface area contributed by atoms with Crippen LogP contribution in [-0.2, 0) is 27.2 Å². The molecule has 234 valence electrons. The van der Waals surface area contributed by atoms with Crippen LogP contribution in [0.5, 0.6) is 5.75 Å². The number of Topliss-reactive ketones (excluding diaryl/α,β-unsaturated/α-hetero) is 2. The first-order valence-electron chi connectivity index (χ1n) is 15.1. The fourth-order valence-corrected chi connectivity index (χ4v) is 8.01. The number of phenolic OH excluding ortho intramolecular Hbond substituents is 1. The fraction of sp³-hybridized carbons (Fsp3) is 0.485. The largest absolute Gasteiger partial charge is 0.508 e. The molecule has 11 nitrogen and oxygen atoms in total. The zero-order chi connectivity index (χ0) is 31.8. The number of carbonyl (C=O) groups excluding carboxylic acids is 3. The molecule has 1 heterocycles. The molecule has 0 bridgehead atoms. The van der Waals surface area contributed by atoms with E-state index in [2.05, 4.69) is 0 Å². The molecule has 2 fully saturated rings. The predicted octanol–water partition coefficient (Wildman–Crippen LogP) is 3.02. The third-order valence-corrected chi connectivity index (χ3v) is 10.1. The van der Waals surface area contributed by atoms with Crippen molar-refractivity contribution in [2.24, 2.45) is 23.5 Å². The number of aliphatic hydroxyl groups excluding tert-OH is 2. The maximum Gasteiger partial charge on any atom is 0.255 e. The summed E-state index contributed by atoms with van der Waals surface area (Å²) in [5, 5.41) is 46.3. The molecule has 4 atom stereocenters. The summed E-state index contributed by atoms with van der Waals surface area (Å²) in [6, 6.07) is 4.35. The van der Waals surface area contributed by atoms with Crippen molar-refractivity contribution in [2.75, 3.05) is 33.1 Å². The molecule has 6 N–H and O–H groups in total. The average Bonchev–Trinajstić information content (AvgIpc) is 3.63. The van der Waals surface area contributed by atoms with Gasteiger partial charge in [0.15, 0.2) is 11.4 Å². The Kier molecular flexibility index (Phi) is 7.16. The first-order valence-corrected chi connectivity index (χ1v) is 15.1. The number of nitrogens with zero attached hydrogens (tertiary/aromatic N) is 2. The molecule has 11 heteroatoms. The highest BCUT2D eigenvalue weighted by atomic mass is 16.4. The SMILES string of the molecule is CN(C)c1cc(-c2ccc(CC3CCCC3)o2)c(O)c2c1C[C@@H]1C[C@@H]3[C@@H](N(C)C)C(=O)C(C(N)=O)=C(O)[C@]3(O)C(=O)C1=C2O. The summed E-state index contributed by atoms with van der Waals surface area (Å²) in [6.45, 7) is 0. The van der Waals surface area contributed by atoms with Crippen molar-refractivity contribution in [3.63, 3.8) is 0 Å². The van der Waals surface area contributed by atoms with Crippen molar-refractivity contribution >= 4 is 28.9 Å². The fourth-order valence-electron chi connectivity index (χ4n) is 8.01. The normalized spacial score (nSPS) is 27.1. The Morgan fingerprint density at radius 3 is 2.39 bits per heavy atom. The van der Waals surface area contributed by atoms with E-state index in [0.29, 0.717) is 28.5 Å². The van der Waals surface area contributed by atoms with Gasteiger partial charge in [-0.2, -0.15) is 0 Å². The van der Waals surface area contributed by atoms with Crippen LogP contribution < -0.4 is 10.6 Å². The zero-order valence-corrected chi connectivity index (χ0v) is 25.4. The molecule has 0 unspecified atom stereocenters. The van der Waals surface area contributed by atoms with Crippen molar-refractivity contribution in [3.8, 4) is 17.1 Å². The number of furan rings is 1. The van der Waals surface area contributed by atoms with Crippen LogP contribution in [0.1, 0.15) is 49.0 Å². The van der Waals surface area contributed by atoms with Gasteiger partial charge in [-0.15, -0.1) is 0 Å². The van der Waals surface area contributed by atoms with Gasteiger partial charge in [-0.05, 0) is 62.5 Å². The van der Waals surface area contributed by atoms with Crippen LogP contribution in [0.25, 0.3) is 17.1 Å². The summed E-state index contributed by atoms with van der Waals surface area (Å²) in [7, 11) is 6.82. The molecular formula is C33H39N3O8. The van der Waals surface area contributed by atoms with E-state index in [4.69, 9.17) is 10.2 Å². The van der Waals surface area contributed by atoms with Crippen LogP contribution in [-0.4, -0.2) is 82.6 Å². The van der Waals surface area contributed by atoms with E-state index in [-0.39, 0.29) is 29.7 Å². The summed E-state index contributed by atoms with van der Waals surface area (Å²) in [5.74, 6) is -4.98. The second-order valence-electron chi connectivity index (χ2n) is 13.1. The van der Waals surface area contributed by atoms with Crippen LogP contribution in [0.3, 0.4) is 0 Å². The van der Waals surface area contributed by atoms with Gasteiger partial charge in [0.05, 0.1) is 17.2 Å². The molecule has 0 aliphatic heterocycles. The summed E-state index contributed by atoms with van der Waals surface area (Å²) < 4.78 is 6.18. The number of rotatable bonds is 6. The first-order chi connectivity index (χ1) is 20.8. The molecule has 0 saturated heterocycles. The minimum Gasteiger partial charge on any atom is -0.508 e. The Labute approximate surface area is 255 Å². The van der Waals surface area contributed by atoms with Crippen LogP contribution in [0.4, 0.5) is 5.69 Å². The molecule has 1 aromatic carbocycles. The van der Waals surface area contributed by atoms with E-state index in [9.17, 15) is 34.8 Å². The monoisotopic (exact) mass is 605 g/mol. The van der Waals surface area contributed by atoms with Gasteiger partial charge in [0.2, 0.25) is 5.78 Å². The number of phenols is 1. The van der Waals surface area contributed by atoms with E-state index >= 15 is 0 Å². The number of nitrogens with two attached hydrogens (primary N) is 1. The maximum atomic E-state index is 14.2. The predicted molar refractivity (Wildman–Crippen MR) is 162 cm³/mol.